The number of fused-ring (bicyclic) bond motifs is 1. The number of rotatable bonds is 58. The minimum absolute atomic E-state index is 0.183. The average Bonchev–Trinajstić information content (AvgIpc) is 0.854. The molecule has 0 aliphatic carbocycles. The lowest BCUT2D eigenvalue weighted by molar-refractivity contribution is -0.148. The number of carbonyl (C=O) groups is 7. The zero-order valence-electron chi connectivity index (χ0n) is 56.7. The largest absolute Gasteiger partial charge is 0.377 e. The van der Waals surface area contributed by atoms with E-state index in [-0.39, 0.29) is 102 Å². The van der Waals surface area contributed by atoms with Crippen molar-refractivity contribution in [3.63, 3.8) is 0 Å². The molecular formula is C67H123N15O9S. The molecular weight excluding hydrogens is 1190 g/mol. The maximum Gasteiger partial charge on any atom is 0.242 e. The first-order valence-corrected chi connectivity index (χ1v) is 36.2. The van der Waals surface area contributed by atoms with Gasteiger partial charge in [-0.3, -0.25) is 33.6 Å². The van der Waals surface area contributed by atoms with Crippen LogP contribution in [0.15, 0.2) is 41.3 Å². The lowest BCUT2D eigenvalue weighted by atomic mass is 10.1. The Bertz CT molecular complexity index is 2510. The van der Waals surface area contributed by atoms with Crippen LogP contribution in [0.2, 0.25) is 0 Å². The number of nitrogens with zero attached hydrogens (tertiary/aromatic N) is 7. The van der Waals surface area contributed by atoms with Crippen LogP contribution in [-0.4, -0.2) is 218 Å². The summed E-state index contributed by atoms with van der Waals surface area (Å²) < 4.78 is 29.9. The van der Waals surface area contributed by atoms with E-state index in [0.29, 0.717) is 115 Å². The highest BCUT2D eigenvalue weighted by atomic mass is 32.2. The van der Waals surface area contributed by atoms with Crippen LogP contribution in [0.3, 0.4) is 0 Å². The number of primary amides is 1. The molecule has 25 heteroatoms. The van der Waals surface area contributed by atoms with Gasteiger partial charge in [-0.05, 0) is 141 Å². The molecule has 526 valence electrons. The monoisotopic (exact) mass is 1310 g/mol. The Morgan fingerprint density at radius 3 is 0.957 bits per heavy atom. The van der Waals surface area contributed by atoms with E-state index in [0.717, 1.165) is 127 Å². The van der Waals surface area contributed by atoms with Crippen molar-refractivity contribution in [1.29, 1.82) is 0 Å². The molecule has 0 radical (unpaired) electrons. The second-order valence-corrected chi connectivity index (χ2v) is 26.4. The standard InChI is InChI=1S/C67H123N15O9S/c1-76(2)59-35-31-34-58-57(59)33-32-36-60(58)92(90,91)75-44-24-10-3-17-37-62(84)78(46-26-12-5-19-39-69)52-64(86)80(48-28-14-7-21-41-71)54-66(88)82(50-30-16-9-23-43-73)56-67(89)81(49-29-15-8-22-42-72)55-65(87)79(47-27-13-6-20-40-70)53-63(85)77(51-61(74)83)45-25-11-4-18-38-68/h31-36,75H,3-30,37-56,68-73H2,1-2H3,(H2,74,83). The number of hydrogen-bond acceptors (Lipinski definition) is 16. The van der Waals surface area contributed by atoms with Crippen LogP contribution in [0.5, 0.6) is 0 Å². The lowest BCUT2D eigenvalue weighted by Gasteiger charge is -2.32. The van der Waals surface area contributed by atoms with Crippen molar-refractivity contribution in [2.24, 2.45) is 40.1 Å². The summed E-state index contributed by atoms with van der Waals surface area (Å²) in [7, 11) is 0.0267. The molecule has 0 unspecified atom stereocenters. The van der Waals surface area contributed by atoms with Crippen molar-refractivity contribution in [2.75, 3.05) is 143 Å². The third-order valence-corrected chi connectivity index (χ3v) is 18.1. The normalized spacial score (nSPS) is 11.4. The fourth-order valence-electron chi connectivity index (χ4n) is 11.1. The second-order valence-electron chi connectivity index (χ2n) is 24.7. The van der Waals surface area contributed by atoms with Gasteiger partial charge in [-0.2, -0.15) is 0 Å². The van der Waals surface area contributed by atoms with Gasteiger partial charge < -0.3 is 74.4 Å². The average molecular weight is 1310 g/mol. The highest BCUT2D eigenvalue weighted by molar-refractivity contribution is 7.89. The van der Waals surface area contributed by atoms with Gasteiger partial charge in [-0.1, -0.05) is 114 Å². The number of nitrogens with one attached hydrogen (secondary N) is 1. The fourth-order valence-corrected chi connectivity index (χ4v) is 12.4. The first-order valence-electron chi connectivity index (χ1n) is 34.7. The Kier molecular flexibility index (Phi) is 45.7. The molecule has 0 aliphatic rings. The van der Waals surface area contributed by atoms with Crippen molar-refractivity contribution in [1.82, 2.24) is 34.1 Å². The predicted octanol–water partition coefficient (Wildman–Crippen LogP) is 4.71. The zero-order valence-corrected chi connectivity index (χ0v) is 57.5. The van der Waals surface area contributed by atoms with Gasteiger partial charge >= 0.3 is 0 Å². The molecule has 15 N–H and O–H groups in total. The fraction of sp³-hybridized carbons (Fsp3) is 0.746. The van der Waals surface area contributed by atoms with Crippen LogP contribution < -0.4 is 49.8 Å². The van der Waals surface area contributed by atoms with Gasteiger partial charge in [0, 0.05) is 82.8 Å². The number of benzene rings is 2. The summed E-state index contributed by atoms with van der Waals surface area (Å²) in [5.41, 5.74) is 41.3. The quantitative estimate of drug-likeness (QED) is 0.0416. The highest BCUT2D eigenvalue weighted by Crippen LogP contribution is 2.30. The minimum atomic E-state index is -3.81. The van der Waals surface area contributed by atoms with E-state index in [9.17, 15) is 42.0 Å². The van der Waals surface area contributed by atoms with E-state index in [1.807, 2.05) is 43.3 Å². The molecule has 24 nitrogen and oxygen atoms in total. The van der Waals surface area contributed by atoms with Crippen molar-refractivity contribution < 1.29 is 42.0 Å². The van der Waals surface area contributed by atoms with Gasteiger partial charge in [0.1, 0.15) is 0 Å². The van der Waals surface area contributed by atoms with Crippen molar-refractivity contribution >= 4 is 67.8 Å². The van der Waals surface area contributed by atoms with Crippen LogP contribution >= 0.6 is 0 Å². The van der Waals surface area contributed by atoms with Crippen LogP contribution in [0, 0.1) is 0 Å². The van der Waals surface area contributed by atoms with E-state index in [2.05, 4.69) is 4.72 Å². The van der Waals surface area contributed by atoms with Gasteiger partial charge in [0.2, 0.25) is 51.4 Å². The molecule has 0 saturated heterocycles. The molecule has 7 amide bonds. The molecule has 2 aromatic carbocycles. The molecule has 0 atom stereocenters. The molecule has 0 aromatic heterocycles. The minimum Gasteiger partial charge on any atom is -0.377 e. The SMILES string of the molecule is CN(C)c1cccc2c(S(=O)(=O)NCCCCCCC(=O)N(CCCCCCN)CC(=O)N(CCCCCCN)CC(=O)N(CCCCCCN)CC(=O)N(CCCCCCN)CC(=O)N(CCCCCCN)CC(=O)N(CCCCCCN)CC(N)=O)cccc12. The van der Waals surface area contributed by atoms with Crippen LogP contribution in [0.25, 0.3) is 10.8 Å². The maximum atomic E-state index is 14.9. The summed E-state index contributed by atoms with van der Waals surface area (Å²) in [6.45, 7) is 3.01. The number of unbranched alkanes of at least 4 members (excludes halogenated alkanes) is 21. The first kappa shape index (κ1) is 82.6. The molecule has 0 bridgehead atoms. The van der Waals surface area contributed by atoms with Crippen LogP contribution in [-0.2, 0) is 43.6 Å². The predicted molar refractivity (Wildman–Crippen MR) is 370 cm³/mol. The van der Waals surface area contributed by atoms with E-state index in [1.165, 1.54) is 24.5 Å². The van der Waals surface area contributed by atoms with Gasteiger partial charge in [0.05, 0.1) is 44.2 Å². The molecule has 2 aromatic rings. The summed E-state index contributed by atoms with van der Waals surface area (Å²) in [6, 6.07) is 10.9. The van der Waals surface area contributed by atoms with Gasteiger partial charge in [-0.15, -0.1) is 0 Å². The molecule has 2 rings (SSSR count). The Morgan fingerprint density at radius 2 is 0.630 bits per heavy atom. The summed E-state index contributed by atoms with van der Waals surface area (Å²) in [6.07, 6.45) is 20.7. The van der Waals surface area contributed by atoms with E-state index < -0.39 is 39.6 Å². The number of carbonyl (C=O) groups excluding carboxylic acids is 7. The molecule has 0 heterocycles. The number of hydrogen-bond donors (Lipinski definition) is 8. The van der Waals surface area contributed by atoms with Crippen molar-refractivity contribution in [3.8, 4) is 0 Å². The molecule has 92 heavy (non-hydrogen) atoms. The van der Waals surface area contributed by atoms with Gasteiger partial charge in [-0.25, -0.2) is 13.1 Å². The number of nitrogens with two attached hydrogens (primary N) is 7. The molecule has 0 aliphatic heterocycles. The topological polar surface area (TPSA) is 370 Å². The number of anilines is 1. The highest BCUT2D eigenvalue weighted by Gasteiger charge is 2.30. The van der Waals surface area contributed by atoms with Crippen LogP contribution in [0.4, 0.5) is 5.69 Å². The third kappa shape index (κ3) is 35.1. The number of amides is 7. The number of sulfonamides is 1. The molecule has 0 fully saturated rings. The Balaban J connectivity index is 2.41. The maximum absolute atomic E-state index is 14.9. The lowest BCUT2D eigenvalue weighted by Crippen LogP contribution is -2.52. The zero-order chi connectivity index (χ0) is 67.8. The van der Waals surface area contributed by atoms with Crippen molar-refractivity contribution in [2.45, 2.75) is 191 Å². The molecule has 0 spiro atoms. The Labute approximate surface area is 552 Å². The summed E-state index contributed by atoms with van der Waals surface area (Å²) in [5, 5.41) is 1.48. The smallest absolute Gasteiger partial charge is 0.242 e. The summed E-state index contributed by atoms with van der Waals surface area (Å²) in [5.74, 6) is -3.02. The van der Waals surface area contributed by atoms with Crippen molar-refractivity contribution in [3.05, 3.63) is 36.4 Å². The Hall–Kier alpha value is -5.54. The third-order valence-electron chi connectivity index (χ3n) is 16.6. The van der Waals surface area contributed by atoms with E-state index in [4.69, 9.17) is 40.1 Å². The second kappa shape index (κ2) is 50.9. The Morgan fingerprint density at radius 1 is 0.348 bits per heavy atom. The van der Waals surface area contributed by atoms with Gasteiger partial charge in [0.15, 0.2) is 0 Å². The van der Waals surface area contributed by atoms with E-state index >= 15 is 0 Å². The molecule has 0 saturated carbocycles. The summed E-state index contributed by atoms with van der Waals surface area (Å²) in [4.78, 5) is 111. The van der Waals surface area contributed by atoms with Gasteiger partial charge in [0.25, 0.3) is 0 Å². The first-order chi connectivity index (χ1) is 44.4. The van der Waals surface area contributed by atoms with Crippen LogP contribution in [0.1, 0.15) is 186 Å². The summed E-state index contributed by atoms with van der Waals surface area (Å²) >= 11 is 0. The van der Waals surface area contributed by atoms with E-state index in [1.54, 1.807) is 17.0 Å².